The number of imide groups is 1. The van der Waals surface area contributed by atoms with E-state index in [-0.39, 0.29) is 11.3 Å². The average Bonchev–Trinajstić information content (AvgIpc) is 3.04. The van der Waals surface area contributed by atoms with Gasteiger partial charge in [-0.25, -0.2) is 9.29 Å². The van der Waals surface area contributed by atoms with Crippen LogP contribution in [0.5, 0.6) is 11.5 Å². The first-order valence-corrected chi connectivity index (χ1v) is 9.46. The highest BCUT2D eigenvalue weighted by Gasteiger charge is 2.41. The molecular formula is C24H19FN2O4. The monoisotopic (exact) mass is 418 g/mol. The van der Waals surface area contributed by atoms with E-state index in [0.717, 1.165) is 4.90 Å². The molecule has 1 aliphatic rings. The smallest absolute Gasteiger partial charge is 0.282 e. The van der Waals surface area contributed by atoms with Crippen molar-refractivity contribution < 1.29 is 23.5 Å². The molecule has 0 atom stereocenters. The number of para-hydroxylation sites is 2. The molecule has 0 spiro atoms. The van der Waals surface area contributed by atoms with Gasteiger partial charge in [0.25, 0.3) is 11.8 Å². The molecule has 156 valence electrons. The van der Waals surface area contributed by atoms with Crippen molar-refractivity contribution in [2.45, 2.75) is 0 Å². The second kappa shape index (κ2) is 8.31. The van der Waals surface area contributed by atoms with Gasteiger partial charge in [0.05, 0.1) is 25.5 Å². The summed E-state index contributed by atoms with van der Waals surface area (Å²) in [7, 11) is 3.02. The predicted octanol–water partition coefficient (Wildman–Crippen LogP) is 4.24. The number of carbonyl (C=O) groups is 2. The molecule has 1 heterocycles. The van der Waals surface area contributed by atoms with Crippen LogP contribution in [0.15, 0.2) is 78.5 Å². The van der Waals surface area contributed by atoms with E-state index in [1.165, 1.54) is 31.4 Å². The van der Waals surface area contributed by atoms with E-state index in [1.807, 2.05) is 0 Å². The van der Waals surface area contributed by atoms with Crippen LogP contribution in [0.2, 0.25) is 0 Å². The Balaban J connectivity index is 1.83. The lowest BCUT2D eigenvalue weighted by atomic mass is 10.0. The van der Waals surface area contributed by atoms with Gasteiger partial charge in [-0.3, -0.25) is 9.59 Å². The summed E-state index contributed by atoms with van der Waals surface area (Å²) < 4.78 is 23.9. The number of ether oxygens (including phenoxy) is 2. The zero-order chi connectivity index (χ0) is 22.0. The standard InChI is InChI=1S/C24H19FN2O4/c1-30-18-13-7-15(8-14-18)21-22(26-17-11-9-16(25)10-12-17)24(29)27(23(21)28)19-5-3-4-6-20(19)31-2/h3-14,26H,1-2H3. The lowest BCUT2D eigenvalue weighted by Crippen LogP contribution is -2.32. The van der Waals surface area contributed by atoms with Gasteiger partial charge in [0.15, 0.2) is 0 Å². The largest absolute Gasteiger partial charge is 0.497 e. The molecule has 0 fully saturated rings. The number of nitrogens with zero attached hydrogens (tertiary/aromatic N) is 1. The Hall–Kier alpha value is -4.13. The van der Waals surface area contributed by atoms with Crippen molar-refractivity contribution in [2.75, 3.05) is 24.4 Å². The van der Waals surface area contributed by atoms with E-state index in [4.69, 9.17) is 9.47 Å². The third-order valence-corrected chi connectivity index (χ3v) is 4.90. The summed E-state index contributed by atoms with van der Waals surface area (Å²) in [5.41, 5.74) is 1.64. The number of hydrogen-bond donors (Lipinski definition) is 1. The summed E-state index contributed by atoms with van der Waals surface area (Å²) in [4.78, 5) is 27.9. The molecule has 0 saturated carbocycles. The molecule has 0 bridgehead atoms. The maximum absolute atomic E-state index is 13.5. The molecule has 3 aromatic carbocycles. The lowest BCUT2D eigenvalue weighted by molar-refractivity contribution is -0.120. The molecule has 3 aromatic rings. The molecule has 0 unspecified atom stereocenters. The molecule has 31 heavy (non-hydrogen) atoms. The van der Waals surface area contributed by atoms with Gasteiger partial charge in [0.2, 0.25) is 0 Å². The summed E-state index contributed by atoms with van der Waals surface area (Å²) in [6.07, 6.45) is 0. The van der Waals surface area contributed by atoms with Crippen molar-refractivity contribution in [3.63, 3.8) is 0 Å². The minimum absolute atomic E-state index is 0.0904. The van der Waals surface area contributed by atoms with Crippen LogP contribution in [-0.2, 0) is 9.59 Å². The normalized spacial score (nSPS) is 13.6. The third kappa shape index (κ3) is 3.73. The SMILES string of the molecule is COc1ccc(C2=C(Nc3ccc(F)cc3)C(=O)N(c3ccccc3OC)C2=O)cc1. The average molecular weight is 418 g/mol. The zero-order valence-corrected chi connectivity index (χ0v) is 16.9. The zero-order valence-electron chi connectivity index (χ0n) is 16.9. The first-order chi connectivity index (χ1) is 15.0. The fourth-order valence-corrected chi connectivity index (χ4v) is 3.38. The van der Waals surface area contributed by atoms with E-state index in [9.17, 15) is 14.0 Å². The number of rotatable bonds is 6. The molecule has 2 amide bonds. The number of nitrogens with one attached hydrogen (secondary N) is 1. The number of amides is 2. The molecule has 1 aliphatic heterocycles. The van der Waals surface area contributed by atoms with Crippen molar-refractivity contribution >= 4 is 28.8 Å². The molecule has 0 saturated heterocycles. The van der Waals surface area contributed by atoms with Gasteiger partial charge in [-0.1, -0.05) is 24.3 Å². The van der Waals surface area contributed by atoms with E-state index in [0.29, 0.717) is 28.4 Å². The Kier molecular flexibility index (Phi) is 5.41. The Morgan fingerprint density at radius 3 is 2.13 bits per heavy atom. The van der Waals surface area contributed by atoms with Crippen LogP contribution in [0.4, 0.5) is 15.8 Å². The van der Waals surface area contributed by atoms with Gasteiger partial charge < -0.3 is 14.8 Å². The first-order valence-electron chi connectivity index (χ1n) is 9.46. The molecular weight excluding hydrogens is 399 g/mol. The molecule has 7 heteroatoms. The van der Waals surface area contributed by atoms with Gasteiger partial charge in [-0.15, -0.1) is 0 Å². The number of methoxy groups -OCH3 is 2. The fourth-order valence-electron chi connectivity index (χ4n) is 3.38. The van der Waals surface area contributed by atoms with Crippen LogP contribution in [0.25, 0.3) is 5.57 Å². The van der Waals surface area contributed by atoms with Gasteiger partial charge in [-0.05, 0) is 54.1 Å². The van der Waals surface area contributed by atoms with E-state index in [1.54, 1.807) is 55.6 Å². The number of carbonyl (C=O) groups excluding carboxylic acids is 2. The molecule has 6 nitrogen and oxygen atoms in total. The summed E-state index contributed by atoms with van der Waals surface area (Å²) in [5, 5.41) is 2.99. The minimum atomic E-state index is -0.537. The lowest BCUT2D eigenvalue weighted by Gasteiger charge is -2.18. The second-order valence-corrected chi connectivity index (χ2v) is 6.73. The summed E-state index contributed by atoms with van der Waals surface area (Å²) in [6, 6.07) is 19.2. The Morgan fingerprint density at radius 2 is 1.48 bits per heavy atom. The van der Waals surface area contributed by atoms with Crippen LogP contribution in [0, 0.1) is 5.82 Å². The summed E-state index contributed by atoms with van der Waals surface area (Å²) in [6.45, 7) is 0. The number of hydrogen-bond acceptors (Lipinski definition) is 5. The van der Waals surface area contributed by atoms with Crippen molar-refractivity contribution in [1.29, 1.82) is 0 Å². The van der Waals surface area contributed by atoms with Gasteiger partial charge in [0.1, 0.15) is 23.0 Å². The van der Waals surface area contributed by atoms with Gasteiger partial charge >= 0.3 is 0 Å². The van der Waals surface area contributed by atoms with Crippen LogP contribution < -0.4 is 19.7 Å². The van der Waals surface area contributed by atoms with Gasteiger partial charge in [-0.2, -0.15) is 0 Å². The number of anilines is 2. The highest BCUT2D eigenvalue weighted by Crippen LogP contribution is 2.38. The minimum Gasteiger partial charge on any atom is -0.497 e. The summed E-state index contributed by atoms with van der Waals surface area (Å²) in [5.74, 6) is -0.426. The molecule has 0 aliphatic carbocycles. The van der Waals surface area contributed by atoms with Crippen molar-refractivity contribution in [1.82, 2.24) is 0 Å². The topological polar surface area (TPSA) is 67.9 Å². The van der Waals surface area contributed by atoms with Crippen molar-refractivity contribution in [2.24, 2.45) is 0 Å². The van der Waals surface area contributed by atoms with Crippen molar-refractivity contribution in [3.05, 3.63) is 89.9 Å². The van der Waals surface area contributed by atoms with Crippen LogP contribution >= 0.6 is 0 Å². The van der Waals surface area contributed by atoms with Crippen LogP contribution in [-0.4, -0.2) is 26.0 Å². The van der Waals surface area contributed by atoms with Crippen LogP contribution in [0.3, 0.4) is 0 Å². The highest BCUT2D eigenvalue weighted by molar-refractivity contribution is 6.46. The molecule has 1 N–H and O–H groups in total. The quantitative estimate of drug-likeness (QED) is 0.607. The van der Waals surface area contributed by atoms with E-state index >= 15 is 0 Å². The molecule has 0 radical (unpaired) electrons. The van der Waals surface area contributed by atoms with E-state index in [2.05, 4.69) is 5.32 Å². The van der Waals surface area contributed by atoms with E-state index < -0.39 is 17.6 Å². The first kappa shape index (κ1) is 20.2. The summed E-state index contributed by atoms with van der Waals surface area (Å²) >= 11 is 0. The maximum atomic E-state index is 13.5. The maximum Gasteiger partial charge on any atom is 0.282 e. The molecule has 0 aromatic heterocycles. The number of benzene rings is 3. The molecule has 4 rings (SSSR count). The Labute approximate surface area is 178 Å². The third-order valence-electron chi connectivity index (χ3n) is 4.90. The van der Waals surface area contributed by atoms with Crippen LogP contribution in [0.1, 0.15) is 5.56 Å². The number of halogens is 1. The van der Waals surface area contributed by atoms with Crippen molar-refractivity contribution in [3.8, 4) is 11.5 Å². The Bertz CT molecular complexity index is 1170. The highest BCUT2D eigenvalue weighted by atomic mass is 19.1. The fraction of sp³-hybridized carbons (Fsp3) is 0.0833. The van der Waals surface area contributed by atoms with Gasteiger partial charge in [0, 0.05) is 5.69 Å². The second-order valence-electron chi connectivity index (χ2n) is 6.73. The Morgan fingerprint density at radius 1 is 0.806 bits per heavy atom. The predicted molar refractivity (Wildman–Crippen MR) is 115 cm³/mol.